The van der Waals surface area contributed by atoms with Gasteiger partial charge < -0.3 is 21.1 Å². The van der Waals surface area contributed by atoms with E-state index < -0.39 is 0 Å². The quantitative estimate of drug-likeness (QED) is 0.770. The van der Waals surface area contributed by atoms with Crippen LogP contribution in [0.4, 0.5) is 10.8 Å². The molecule has 1 amide bonds. The molecule has 20 heavy (non-hydrogen) atoms. The van der Waals surface area contributed by atoms with Crippen LogP contribution in [0.5, 0.6) is 0 Å². The predicted octanol–water partition coefficient (Wildman–Crippen LogP) is 1.70. The number of rotatable bonds is 5. The molecular weight excluding hydrogens is 276 g/mol. The van der Waals surface area contributed by atoms with Gasteiger partial charge in [0.1, 0.15) is 10.6 Å². The van der Waals surface area contributed by atoms with E-state index in [9.17, 15) is 4.79 Å². The highest BCUT2D eigenvalue weighted by Gasteiger charge is 2.49. The number of nitrogens with zero attached hydrogens (tertiary/aromatic N) is 1. The lowest BCUT2D eigenvalue weighted by Gasteiger charge is -2.51. The number of nitrogen functional groups attached to an aromatic ring is 1. The molecular formula is C13H22N4O2S. The molecule has 4 N–H and O–H groups in total. The van der Waals surface area contributed by atoms with E-state index in [0.717, 1.165) is 18.0 Å². The smallest absolute Gasteiger partial charge is 0.257 e. The van der Waals surface area contributed by atoms with Crippen LogP contribution in [0.1, 0.15) is 37.6 Å². The van der Waals surface area contributed by atoms with Gasteiger partial charge in [0.15, 0.2) is 5.82 Å². The van der Waals surface area contributed by atoms with Crippen LogP contribution in [0.15, 0.2) is 0 Å². The minimum atomic E-state index is -0.211. The molecule has 2 unspecified atom stereocenters. The molecule has 1 aromatic heterocycles. The Morgan fingerprint density at radius 2 is 2.30 bits per heavy atom. The van der Waals surface area contributed by atoms with Gasteiger partial charge in [-0.15, -0.1) is 0 Å². The van der Waals surface area contributed by atoms with Crippen LogP contribution < -0.4 is 16.4 Å². The van der Waals surface area contributed by atoms with Gasteiger partial charge in [-0.2, -0.15) is 4.37 Å². The van der Waals surface area contributed by atoms with Crippen molar-refractivity contribution >= 4 is 28.3 Å². The molecule has 1 aliphatic carbocycles. The molecule has 0 spiro atoms. The summed E-state index contributed by atoms with van der Waals surface area (Å²) in [6.07, 6.45) is 1.17. The van der Waals surface area contributed by atoms with E-state index in [0.29, 0.717) is 5.56 Å². The third-order valence-electron chi connectivity index (χ3n) is 4.02. The molecule has 0 aromatic carbocycles. The monoisotopic (exact) mass is 298 g/mol. The topological polar surface area (TPSA) is 89.3 Å². The van der Waals surface area contributed by atoms with Gasteiger partial charge >= 0.3 is 0 Å². The minimum absolute atomic E-state index is 0.0225. The van der Waals surface area contributed by atoms with E-state index >= 15 is 0 Å². The van der Waals surface area contributed by atoms with Crippen molar-refractivity contribution in [2.24, 2.45) is 5.41 Å². The number of nitrogens with one attached hydrogen (secondary N) is 2. The Hall–Kier alpha value is -1.34. The van der Waals surface area contributed by atoms with Crippen LogP contribution in [0.3, 0.4) is 0 Å². The molecule has 0 radical (unpaired) electrons. The lowest BCUT2D eigenvalue weighted by molar-refractivity contribution is -0.0975. The molecule has 0 bridgehead atoms. The van der Waals surface area contributed by atoms with Crippen molar-refractivity contribution in [2.75, 3.05) is 24.7 Å². The van der Waals surface area contributed by atoms with Gasteiger partial charge in [0.2, 0.25) is 0 Å². The second kappa shape index (κ2) is 5.57. The second-order valence-corrected chi connectivity index (χ2v) is 6.32. The van der Waals surface area contributed by atoms with Crippen LogP contribution in [0.2, 0.25) is 0 Å². The van der Waals surface area contributed by atoms with Crippen molar-refractivity contribution in [3.63, 3.8) is 0 Å². The summed E-state index contributed by atoms with van der Waals surface area (Å²) in [7, 11) is 1.58. The second-order valence-electron chi connectivity index (χ2n) is 5.55. The molecule has 2 atom stereocenters. The van der Waals surface area contributed by atoms with Crippen LogP contribution in [-0.4, -0.2) is 36.1 Å². The summed E-state index contributed by atoms with van der Waals surface area (Å²) in [5, 5.41) is 6.72. The van der Waals surface area contributed by atoms with Crippen molar-refractivity contribution in [3.05, 3.63) is 5.56 Å². The molecule has 6 nitrogen and oxygen atoms in total. The number of carbonyl (C=O) groups excluding carboxylic acids is 1. The van der Waals surface area contributed by atoms with Gasteiger partial charge in [0.05, 0.1) is 6.10 Å². The summed E-state index contributed by atoms with van der Waals surface area (Å²) in [6.45, 7) is 7.05. The highest BCUT2D eigenvalue weighted by atomic mass is 32.1. The molecule has 112 valence electrons. The molecule has 7 heteroatoms. The Balaban J connectivity index is 2.11. The van der Waals surface area contributed by atoms with E-state index in [-0.39, 0.29) is 29.3 Å². The Morgan fingerprint density at radius 3 is 2.85 bits per heavy atom. The maximum atomic E-state index is 11.8. The van der Waals surface area contributed by atoms with Crippen molar-refractivity contribution in [3.8, 4) is 0 Å². The number of nitrogens with two attached hydrogens (primary N) is 1. The van der Waals surface area contributed by atoms with E-state index in [2.05, 4.69) is 28.9 Å². The lowest BCUT2D eigenvalue weighted by atomic mass is 9.64. The van der Waals surface area contributed by atoms with Crippen molar-refractivity contribution in [1.29, 1.82) is 0 Å². The molecule has 1 heterocycles. The van der Waals surface area contributed by atoms with Gasteiger partial charge in [0.25, 0.3) is 5.91 Å². The predicted molar refractivity (Wildman–Crippen MR) is 81.1 cm³/mol. The molecule has 2 rings (SSSR count). The number of aromatic nitrogens is 1. The molecule has 0 aliphatic heterocycles. The first-order valence-electron chi connectivity index (χ1n) is 6.77. The Labute approximate surface area is 123 Å². The van der Waals surface area contributed by atoms with Gasteiger partial charge in [-0.3, -0.25) is 4.79 Å². The molecule has 0 saturated heterocycles. The zero-order valence-corrected chi connectivity index (χ0v) is 13.1. The van der Waals surface area contributed by atoms with Crippen LogP contribution in [0, 0.1) is 5.41 Å². The number of hydrogen-bond donors (Lipinski definition) is 3. The zero-order chi connectivity index (χ0) is 14.9. The van der Waals surface area contributed by atoms with Gasteiger partial charge in [-0.25, -0.2) is 0 Å². The van der Waals surface area contributed by atoms with Crippen LogP contribution in [-0.2, 0) is 4.74 Å². The SMILES string of the molecule is CCOC1CC(Nc2snc(N)c2C(=O)NC)C1(C)C. The number of hydrogen-bond acceptors (Lipinski definition) is 6. The number of carbonyl (C=O) groups is 1. The Bertz CT molecular complexity index is 501. The van der Waals surface area contributed by atoms with E-state index in [1.54, 1.807) is 7.05 Å². The maximum Gasteiger partial charge on any atom is 0.257 e. The normalized spacial score (nSPS) is 24.0. The zero-order valence-electron chi connectivity index (χ0n) is 12.3. The Kier molecular flexibility index (Phi) is 4.19. The average molecular weight is 298 g/mol. The largest absolute Gasteiger partial charge is 0.382 e. The fourth-order valence-corrected chi connectivity index (χ4v) is 3.28. The van der Waals surface area contributed by atoms with Crippen molar-refractivity contribution in [2.45, 2.75) is 39.3 Å². The van der Waals surface area contributed by atoms with Gasteiger partial charge in [0, 0.05) is 25.1 Å². The lowest BCUT2D eigenvalue weighted by Crippen LogP contribution is -2.58. The van der Waals surface area contributed by atoms with E-state index in [1.807, 2.05) is 6.92 Å². The van der Waals surface area contributed by atoms with Crippen molar-refractivity contribution in [1.82, 2.24) is 9.69 Å². The number of ether oxygens (including phenoxy) is 1. The fourth-order valence-electron chi connectivity index (χ4n) is 2.52. The first kappa shape index (κ1) is 15.1. The highest BCUT2D eigenvalue weighted by molar-refractivity contribution is 7.11. The maximum absolute atomic E-state index is 11.8. The molecule has 1 aromatic rings. The molecule has 1 saturated carbocycles. The summed E-state index contributed by atoms with van der Waals surface area (Å²) in [6, 6.07) is 0.252. The fraction of sp³-hybridized carbons (Fsp3) is 0.692. The van der Waals surface area contributed by atoms with Crippen LogP contribution in [0.25, 0.3) is 0 Å². The highest BCUT2D eigenvalue weighted by Crippen LogP contribution is 2.45. The van der Waals surface area contributed by atoms with Gasteiger partial charge in [-0.1, -0.05) is 13.8 Å². The summed E-state index contributed by atoms with van der Waals surface area (Å²) in [5.74, 6) is 0.0626. The summed E-state index contributed by atoms with van der Waals surface area (Å²) >= 11 is 1.23. The van der Waals surface area contributed by atoms with E-state index in [1.165, 1.54) is 11.5 Å². The van der Waals surface area contributed by atoms with E-state index in [4.69, 9.17) is 10.5 Å². The van der Waals surface area contributed by atoms with Crippen molar-refractivity contribution < 1.29 is 9.53 Å². The molecule has 1 aliphatic rings. The molecule has 1 fully saturated rings. The third kappa shape index (κ3) is 2.47. The first-order valence-corrected chi connectivity index (χ1v) is 7.54. The number of anilines is 2. The Morgan fingerprint density at radius 1 is 1.60 bits per heavy atom. The summed E-state index contributed by atoms with van der Waals surface area (Å²) in [4.78, 5) is 11.8. The summed E-state index contributed by atoms with van der Waals surface area (Å²) in [5.41, 5.74) is 6.23. The number of amides is 1. The third-order valence-corrected chi connectivity index (χ3v) is 4.82. The standard InChI is InChI=1S/C13H22N4O2S/c1-5-19-8-6-7(13(8,2)3)16-12-9(11(18)15-4)10(14)17-20-12/h7-8,16H,5-6H2,1-4H3,(H2,14,17)(H,15,18). The average Bonchev–Trinajstić information content (AvgIpc) is 2.78. The first-order chi connectivity index (χ1) is 9.41. The van der Waals surface area contributed by atoms with Crippen LogP contribution >= 0.6 is 11.5 Å². The minimum Gasteiger partial charge on any atom is -0.382 e. The van der Waals surface area contributed by atoms with Gasteiger partial charge in [-0.05, 0) is 24.9 Å². The summed E-state index contributed by atoms with van der Waals surface area (Å²) < 4.78 is 9.77.